The lowest BCUT2D eigenvalue weighted by Gasteiger charge is -2.30. The van der Waals surface area contributed by atoms with Gasteiger partial charge < -0.3 is 14.8 Å². The lowest BCUT2D eigenvalue weighted by atomic mass is 9.87. The van der Waals surface area contributed by atoms with Crippen LogP contribution in [0.1, 0.15) is 24.5 Å². The summed E-state index contributed by atoms with van der Waals surface area (Å²) in [6.45, 7) is 3.97. The van der Waals surface area contributed by atoms with Crippen molar-refractivity contribution in [1.82, 2.24) is 5.32 Å². The summed E-state index contributed by atoms with van der Waals surface area (Å²) in [5.74, 6) is 0.511. The summed E-state index contributed by atoms with van der Waals surface area (Å²) in [6.07, 6.45) is 0.250. The minimum Gasteiger partial charge on any atom is -0.496 e. The van der Waals surface area contributed by atoms with Crippen LogP contribution in [-0.4, -0.2) is 27.2 Å². The summed E-state index contributed by atoms with van der Waals surface area (Å²) in [7, 11) is 4.85. The first kappa shape index (κ1) is 14.5. The Morgan fingerprint density at radius 3 is 2.56 bits per heavy atom. The summed E-state index contributed by atoms with van der Waals surface area (Å²) in [6, 6.07) is 5.92. The fourth-order valence-corrected chi connectivity index (χ4v) is 1.93. The van der Waals surface area contributed by atoms with Crippen molar-refractivity contribution in [2.75, 3.05) is 21.3 Å². The van der Waals surface area contributed by atoms with E-state index in [1.807, 2.05) is 39.1 Å². The standard InChI is InChI=1S/C14H21NO3/c1-10-6-7-12(17-4)11(8-10)14(2,15-3)9-13(16)18-5/h6-8,15H,9H2,1-5H3. The van der Waals surface area contributed by atoms with Crippen molar-refractivity contribution in [3.8, 4) is 5.75 Å². The average Bonchev–Trinajstić information content (AvgIpc) is 2.38. The molecule has 0 aliphatic heterocycles. The molecule has 0 aliphatic carbocycles. The van der Waals surface area contributed by atoms with Crippen molar-refractivity contribution >= 4 is 5.97 Å². The highest BCUT2D eigenvalue weighted by atomic mass is 16.5. The van der Waals surface area contributed by atoms with Crippen molar-refractivity contribution in [3.05, 3.63) is 29.3 Å². The predicted molar refractivity (Wildman–Crippen MR) is 70.8 cm³/mol. The van der Waals surface area contributed by atoms with E-state index in [9.17, 15) is 4.79 Å². The number of hydrogen-bond donors (Lipinski definition) is 1. The molecule has 100 valence electrons. The number of aryl methyl sites for hydroxylation is 1. The molecule has 0 spiro atoms. The van der Waals surface area contributed by atoms with Crippen LogP contribution in [0.5, 0.6) is 5.75 Å². The lowest BCUT2D eigenvalue weighted by Crippen LogP contribution is -2.39. The van der Waals surface area contributed by atoms with Crippen LogP contribution in [0.3, 0.4) is 0 Å². The largest absolute Gasteiger partial charge is 0.496 e. The molecule has 1 aromatic carbocycles. The third-order valence-corrected chi connectivity index (χ3v) is 3.23. The summed E-state index contributed by atoms with van der Waals surface area (Å²) in [5.41, 5.74) is 1.57. The molecule has 0 saturated heterocycles. The minimum absolute atomic E-state index is 0.250. The first-order valence-corrected chi connectivity index (χ1v) is 5.87. The number of carbonyl (C=O) groups is 1. The highest BCUT2D eigenvalue weighted by molar-refractivity contribution is 5.71. The number of ether oxygens (including phenoxy) is 2. The molecule has 0 radical (unpaired) electrons. The van der Waals surface area contributed by atoms with Gasteiger partial charge in [0.25, 0.3) is 0 Å². The molecular formula is C14H21NO3. The molecule has 18 heavy (non-hydrogen) atoms. The zero-order chi connectivity index (χ0) is 13.8. The fraction of sp³-hybridized carbons (Fsp3) is 0.500. The van der Waals surface area contributed by atoms with E-state index in [4.69, 9.17) is 9.47 Å². The molecule has 0 saturated carbocycles. The second-order valence-electron chi connectivity index (χ2n) is 4.54. The smallest absolute Gasteiger partial charge is 0.307 e. The Labute approximate surface area is 108 Å². The second-order valence-corrected chi connectivity index (χ2v) is 4.54. The van der Waals surface area contributed by atoms with Crippen LogP contribution in [0.25, 0.3) is 0 Å². The lowest BCUT2D eigenvalue weighted by molar-refractivity contribution is -0.142. The molecule has 0 heterocycles. The molecule has 4 nitrogen and oxygen atoms in total. The Bertz CT molecular complexity index is 431. The summed E-state index contributed by atoms with van der Waals surface area (Å²) in [4.78, 5) is 11.5. The molecule has 1 aromatic rings. The van der Waals surface area contributed by atoms with Crippen LogP contribution in [0.2, 0.25) is 0 Å². The number of nitrogens with one attached hydrogen (secondary N) is 1. The Hall–Kier alpha value is -1.55. The van der Waals surface area contributed by atoms with E-state index < -0.39 is 5.54 Å². The Kier molecular flexibility index (Phi) is 4.73. The van der Waals surface area contributed by atoms with Gasteiger partial charge in [0.05, 0.1) is 26.2 Å². The van der Waals surface area contributed by atoms with Crippen molar-refractivity contribution in [2.24, 2.45) is 0 Å². The molecule has 4 heteroatoms. The third-order valence-electron chi connectivity index (χ3n) is 3.23. The maximum absolute atomic E-state index is 11.5. The molecule has 0 bridgehead atoms. The van der Waals surface area contributed by atoms with Gasteiger partial charge in [-0.25, -0.2) is 0 Å². The van der Waals surface area contributed by atoms with Gasteiger partial charge in [-0.15, -0.1) is 0 Å². The minimum atomic E-state index is -0.509. The van der Waals surface area contributed by atoms with Crippen molar-refractivity contribution in [2.45, 2.75) is 25.8 Å². The van der Waals surface area contributed by atoms with E-state index in [2.05, 4.69) is 5.32 Å². The van der Waals surface area contributed by atoms with E-state index in [1.165, 1.54) is 7.11 Å². The molecule has 0 amide bonds. The molecular weight excluding hydrogens is 230 g/mol. The van der Waals surface area contributed by atoms with Crippen LogP contribution in [0.15, 0.2) is 18.2 Å². The van der Waals surface area contributed by atoms with Gasteiger partial charge in [0.2, 0.25) is 0 Å². The quantitative estimate of drug-likeness (QED) is 0.813. The molecule has 1 unspecified atom stereocenters. The predicted octanol–water partition coefficient (Wildman–Crippen LogP) is 2.00. The van der Waals surface area contributed by atoms with E-state index in [0.717, 1.165) is 16.9 Å². The number of rotatable bonds is 5. The first-order valence-electron chi connectivity index (χ1n) is 5.87. The Morgan fingerprint density at radius 1 is 1.39 bits per heavy atom. The zero-order valence-electron chi connectivity index (χ0n) is 11.7. The van der Waals surface area contributed by atoms with Crippen LogP contribution >= 0.6 is 0 Å². The molecule has 1 N–H and O–H groups in total. The maximum Gasteiger partial charge on any atom is 0.307 e. The van der Waals surface area contributed by atoms with Gasteiger partial charge in [-0.05, 0) is 27.0 Å². The van der Waals surface area contributed by atoms with Crippen LogP contribution in [0, 0.1) is 6.92 Å². The highest BCUT2D eigenvalue weighted by Gasteiger charge is 2.31. The number of methoxy groups -OCH3 is 2. The Morgan fingerprint density at radius 2 is 2.06 bits per heavy atom. The number of benzene rings is 1. The number of carbonyl (C=O) groups excluding carboxylic acids is 1. The normalized spacial score (nSPS) is 13.8. The van der Waals surface area contributed by atoms with E-state index in [-0.39, 0.29) is 12.4 Å². The van der Waals surface area contributed by atoms with Crippen molar-refractivity contribution in [1.29, 1.82) is 0 Å². The SMILES string of the molecule is CNC(C)(CC(=O)OC)c1cc(C)ccc1OC. The summed E-state index contributed by atoms with van der Waals surface area (Å²) in [5, 5.41) is 3.18. The second kappa shape index (κ2) is 5.87. The molecule has 1 rings (SSSR count). The average molecular weight is 251 g/mol. The first-order chi connectivity index (χ1) is 8.46. The molecule has 0 fully saturated rings. The number of hydrogen-bond acceptors (Lipinski definition) is 4. The Balaban J connectivity index is 3.21. The molecule has 0 aliphatic rings. The number of esters is 1. The molecule has 1 atom stereocenters. The fourth-order valence-electron chi connectivity index (χ4n) is 1.93. The summed E-state index contributed by atoms with van der Waals surface area (Å²) < 4.78 is 10.1. The van der Waals surface area contributed by atoms with Gasteiger partial charge in [-0.1, -0.05) is 17.7 Å². The van der Waals surface area contributed by atoms with Crippen LogP contribution in [0.4, 0.5) is 0 Å². The van der Waals surface area contributed by atoms with E-state index in [0.29, 0.717) is 0 Å². The van der Waals surface area contributed by atoms with Gasteiger partial charge >= 0.3 is 5.97 Å². The van der Waals surface area contributed by atoms with Crippen molar-refractivity contribution < 1.29 is 14.3 Å². The van der Waals surface area contributed by atoms with Gasteiger partial charge in [0.15, 0.2) is 0 Å². The van der Waals surface area contributed by atoms with Gasteiger partial charge in [-0.2, -0.15) is 0 Å². The third kappa shape index (κ3) is 3.01. The summed E-state index contributed by atoms with van der Waals surface area (Å²) >= 11 is 0. The van der Waals surface area contributed by atoms with E-state index >= 15 is 0 Å². The van der Waals surface area contributed by atoms with Gasteiger partial charge in [-0.3, -0.25) is 4.79 Å². The molecule has 0 aromatic heterocycles. The van der Waals surface area contributed by atoms with Crippen molar-refractivity contribution in [3.63, 3.8) is 0 Å². The van der Waals surface area contributed by atoms with Crippen LogP contribution in [-0.2, 0) is 15.1 Å². The highest BCUT2D eigenvalue weighted by Crippen LogP contribution is 2.33. The zero-order valence-corrected chi connectivity index (χ0v) is 11.7. The van der Waals surface area contributed by atoms with Gasteiger partial charge in [0, 0.05) is 5.56 Å². The van der Waals surface area contributed by atoms with Gasteiger partial charge in [0.1, 0.15) is 5.75 Å². The topological polar surface area (TPSA) is 47.6 Å². The monoisotopic (exact) mass is 251 g/mol. The van der Waals surface area contributed by atoms with E-state index in [1.54, 1.807) is 7.11 Å². The van der Waals surface area contributed by atoms with Crippen LogP contribution < -0.4 is 10.1 Å². The maximum atomic E-state index is 11.5.